The van der Waals surface area contributed by atoms with Gasteiger partial charge < -0.3 is 24.1 Å². The second-order valence-corrected chi connectivity index (χ2v) is 8.13. The van der Waals surface area contributed by atoms with E-state index in [1.54, 1.807) is 21.3 Å². The Hall–Kier alpha value is -3.93. The quantitative estimate of drug-likeness (QED) is 0.446. The molecule has 4 aromatic rings. The van der Waals surface area contributed by atoms with Gasteiger partial charge >= 0.3 is 0 Å². The summed E-state index contributed by atoms with van der Waals surface area (Å²) in [6.45, 7) is 0.741. The number of carbonyl (C=O) groups excluding carboxylic acids is 1. The van der Waals surface area contributed by atoms with Gasteiger partial charge in [-0.05, 0) is 29.3 Å². The van der Waals surface area contributed by atoms with Crippen molar-refractivity contribution in [3.05, 3.63) is 83.6 Å². The Balaban J connectivity index is 1.72. The maximum atomic E-state index is 12.9. The van der Waals surface area contributed by atoms with Crippen LogP contribution in [0.15, 0.2) is 66.9 Å². The minimum atomic E-state index is -0.206. The fourth-order valence-electron chi connectivity index (χ4n) is 4.84. The fourth-order valence-corrected chi connectivity index (χ4v) is 4.84. The molecule has 1 aliphatic heterocycles. The van der Waals surface area contributed by atoms with Crippen LogP contribution in [0.4, 0.5) is 5.69 Å². The lowest BCUT2D eigenvalue weighted by Crippen LogP contribution is -2.14. The average molecular weight is 443 g/mol. The molecule has 1 aliphatic rings. The van der Waals surface area contributed by atoms with Crippen LogP contribution < -0.4 is 19.5 Å². The Kier molecular flexibility index (Phi) is 5.42. The van der Waals surface area contributed by atoms with Gasteiger partial charge in [0.05, 0.1) is 32.5 Å². The molecule has 0 saturated carbocycles. The van der Waals surface area contributed by atoms with Crippen LogP contribution in [0.1, 0.15) is 29.0 Å². The van der Waals surface area contributed by atoms with Crippen LogP contribution in [0, 0.1) is 0 Å². The summed E-state index contributed by atoms with van der Waals surface area (Å²) in [5.41, 5.74) is 5.10. The second kappa shape index (κ2) is 8.54. The molecule has 6 nitrogen and oxygen atoms in total. The maximum Gasteiger partial charge on any atom is 0.225 e. The average Bonchev–Trinajstić information content (AvgIpc) is 3.13. The van der Waals surface area contributed by atoms with Crippen LogP contribution >= 0.6 is 0 Å². The summed E-state index contributed by atoms with van der Waals surface area (Å²) < 4.78 is 19.1. The number of hydrogen-bond acceptors (Lipinski definition) is 4. The predicted octanol–water partition coefficient (Wildman–Crippen LogP) is 5.19. The van der Waals surface area contributed by atoms with E-state index in [-0.39, 0.29) is 11.8 Å². The molecule has 33 heavy (non-hydrogen) atoms. The van der Waals surface area contributed by atoms with Crippen LogP contribution in [0.5, 0.6) is 17.2 Å². The zero-order valence-corrected chi connectivity index (χ0v) is 18.9. The number of hydrogen-bond donors (Lipinski definition) is 1. The number of ether oxygens (including phenoxy) is 3. The van der Waals surface area contributed by atoms with Gasteiger partial charge in [-0.1, -0.05) is 42.5 Å². The third-order valence-corrected chi connectivity index (χ3v) is 6.28. The van der Waals surface area contributed by atoms with Gasteiger partial charge in [-0.2, -0.15) is 0 Å². The number of carbonyl (C=O) groups is 1. The number of rotatable bonds is 6. The van der Waals surface area contributed by atoms with E-state index < -0.39 is 0 Å². The van der Waals surface area contributed by atoms with Crippen molar-refractivity contribution in [1.29, 1.82) is 0 Å². The van der Waals surface area contributed by atoms with Crippen molar-refractivity contribution in [3.63, 3.8) is 0 Å². The molecule has 1 aromatic heterocycles. The Bertz CT molecular complexity index is 1330. The van der Waals surface area contributed by atoms with E-state index in [9.17, 15) is 4.79 Å². The first-order valence-electron chi connectivity index (χ1n) is 10.9. The maximum absolute atomic E-state index is 12.9. The lowest BCUT2D eigenvalue weighted by atomic mass is 9.87. The van der Waals surface area contributed by atoms with E-state index in [0.29, 0.717) is 23.7 Å². The second-order valence-electron chi connectivity index (χ2n) is 8.13. The molecule has 0 fully saturated rings. The van der Waals surface area contributed by atoms with Gasteiger partial charge in [-0.25, -0.2) is 0 Å². The van der Waals surface area contributed by atoms with Crippen molar-refractivity contribution in [1.82, 2.24) is 4.57 Å². The first kappa shape index (κ1) is 20.9. The summed E-state index contributed by atoms with van der Waals surface area (Å²) in [4.78, 5) is 12.9. The van der Waals surface area contributed by atoms with E-state index in [1.165, 1.54) is 5.56 Å². The number of nitrogens with zero attached hydrogens (tertiary/aromatic N) is 1. The predicted molar refractivity (Wildman–Crippen MR) is 129 cm³/mol. The summed E-state index contributed by atoms with van der Waals surface area (Å²) in [6, 6.07) is 20.2. The van der Waals surface area contributed by atoms with Gasteiger partial charge in [0.2, 0.25) is 11.7 Å². The highest BCUT2D eigenvalue weighted by Gasteiger charge is 2.31. The molecule has 2 heterocycles. The van der Waals surface area contributed by atoms with Crippen LogP contribution in [-0.2, 0) is 11.3 Å². The van der Waals surface area contributed by atoms with Gasteiger partial charge in [0.25, 0.3) is 0 Å². The zero-order valence-electron chi connectivity index (χ0n) is 18.9. The summed E-state index contributed by atoms with van der Waals surface area (Å²) in [5, 5.41) is 4.16. The molecule has 1 amide bonds. The van der Waals surface area contributed by atoms with Gasteiger partial charge in [0.1, 0.15) is 0 Å². The molecular formula is C27H26N2O4. The van der Waals surface area contributed by atoms with Crippen molar-refractivity contribution < 1.29 is 19.0 Å². The highest BCUT2D eigenvalue weighted by molar-refractivity contribution is 6.06. The van der Waals surface area contributed by atoms with Crippen LogP contribution in [0.3, 0.4) is 0 Å². The third kappa shape index (κ3) is 3.57. The molecule has 6 heteroatoms. The van der Waals surface area contributed by atoms with E-state index in [2.05, 4.69) is 34.3 Å². The highest BCUT2D eigenvalue weighted by atomic mass is 16.5. The zero-order chi connectivity index (χ0) is 22.9. The largest absolute Gasteiger partial charge is 0.493 e. The molecule has 1 atom stereocenters. The van der Waals surface area contributed by atoms with Gasteiger partial charge in [-0.15, -0.1) is 0 Å². The summed E-state index contributed by atoms with van der Waals surface area (Å²) in [6.07, 6.45) is 2.47. The Morgan fingerprint density at radius 1 is 0.879 bits per heavy atom. The standard InChI is InChI=1S/C27H26N2O4/c1-31-23-13-12-18(26(32-2)27(23)33-3)19-14-24(30)28-21-10-7-11-22-25(21)20(19)16-29(22)15-17-8-5-4-6-9-17/h4-13,16,19H,14-15H2,1-3H3,(H,28,30)/t19-/m1/s1. The number of aromatic nitrogens is 1. The number of methoxy groups -OCH3 is 3. The van der Waals surface area contributed by atoms with E-state index in [0.717, 1.165) is 34.3 Å². The molecule has 5 rings (SSSR count). The lowest BCUT2D eigenvalue weighted by molar-refractivity contribution is -0.116. The molecule has 0 unspecified atom stereocenters. The number of nitrogens with one attached hydrogen (secondary N) is 1. The van der Waals surface area contributed by atoms with Crippen LogP contribution in [0.25, 0.3) is 10.9 Å². The molecule has 0 saturated heterocycles. The van der Waals surface area contributed by atoms with Gasteiger partial charge in [0, 0.05) is 36.0 Å². The molecule has 1 N–H and O–H groups in total. The van der Waals surface area contributed by atoms with Crippen molar-refractivity contribution in [2.24, 2.45) is 0 Å². The molecular weight excluding hydrogens is 416 g/mol. The van der Waals surface area contributed by atoms with Gasteiger partial charge in [-0.3, -0.25) is 4.79 Å². The number of benzene rings is 3. The Morgan fingerprint density at radius 2 is 1.67 bits per heavy atom. The SMILES string of the molecule is COc1ccc([C@H]2CC(=O)Nc3cccc4c3c2cn4Cc2ccccc2)c(OC)c1OC. The molecule has 0 spiro atoms. The summed E-state index contributed by atoms with van der Waals surface area (Å²) >= 11 is 0. The first-order valence-corrected chi connectivity index (χ1v) is 10.9. The Labute approximate surface area is 192 Å². The number of anilines is 1. The minimum absolute atomic E-state index is 0.0323. The van der Waals surface area contributed by atoms with Crippen LogP contribution in [0.2, 0.25) is 0 Å². The van der Waals surface area contributed by atoms with Crippen molar-refractivity contribution in [3.8, 4) is 17.2 Å². The smallest absolute Gasteiger partial charge is 0.225 e. The van der Waals surface area contributed by atoms with Crippen molar-refractivity contribution in [2.75, 3.05) is 26.6 Å². The molecule has 0 radical (unpaired) electrons. The summed E-state index contributed by atoms with van der Waals surface area (Å²) in [5.74, 6) is 1.45. The molecule has 168 valence electrons. The lowest BCUT2D eigenvalue weighted by Gasteiger charge is -2.21. The van der Waals surface area contributed by atoms with E-state index in [4.69, 9.17) is 14.2 Å². The highest BCUT2D eigenvalue weighted by Crippen LogP contribution is 2.48. The van der Waals surface area contributed by atoms with Crippen LogP contribution in [-0.4, -0.2) is 31.8 Å². The summed E-state index contributed by atoms with van der Waals surface area (Å²) in [7, 11) is 4.80. The normalized spacial score (nSPS) is 15.1. The third-order valence-electron chi connectivity index (χ3n) is 6.28. The monoisotopic (exact) mass is 442 g/mol. The molecule has 0 aliphatic carbocycles. The van der Waals surface area contributed by atoms with Crippen molar-refractivity contribution >= 4 is 22.5 Å². The fraction of sp³-hybridized carbons (Fsp3) is 0.222. The van der Waals surface area contributed by atoms with E-state index in [1.807, 2.05) is 42.5 Å². The first-order chi connectivity index (χ1) is 16.1. The molecule has 0 bridgehead atoms. The van der Waals surface area contributed by atoms with Crippen molar-refractivity contribution in [2.45, 2.75) is 18.9 Å². The van der Waals surface area contributed by atoms with E-state index >= 15 is 0 Å². The minimum Gasteiger partial charge on any atom is -0.493 e. The number of amides is 1. The van der Waals surface area contributed by atoms with Gasteiger partial charge in [0.15, 0.2) is 11.5 Å². The molecule has 3 aromatic carbocycles. The topological polar surface area (TPSA) is 61.7 Å². The Morgan fingerprint density at radius 3 is 2.39 bits per heavy atom.